The summed E-state index contributed by atoms with van der Waals surface area (Å²) < 4.78 is 0. The van der Waals surface area contributed by atoms with E-state index in [0.717, 1.165) is 16.5 Å². The van der Waals surface area contributed by atoms with E-state index in [1.165, 1.54) is 12.3 Å². The van der Waals surface area contributed by atoms with Gasteiger partial charge in [-0.3, -0.25) is 14.6 Å². The van der Waals surface area contributed by atoms with Gasteiger partial charge in [0.2, 0.25) is 0 Å². The molecule has 0 saturated heterocycles. The summed E-state index contributed by atoms with van der Waals surface area (Å²) >= 11 is 0. The van der Waals surface area contributed by atoms with Gasteiger partial charge in [0.25, 0.3) is 11.8 Å². The number of pyridine rings is 1. The molecular formula is C20H20N4O2. The van der Waals surface area contributed by atoms with E-state index in [9.17, 15) is 9.59 Å². The third-order valence-electron chi connectivity index (χ3n) is 4.02. The Morgan fingerprint density at radius 2 is 2.00 bits per heavy atom. The van der Waals surface area contributed by atoms with E-state index >= 15 is 0 Å². The van der Waals surface area contributed by atoms with Gasteiger partial charge in [0, 0.05) is 41.9 Å². The minimum absolute atomic E-state index is 0.205. The number of para-hydroxylation sites is 1. The van der Waals surface area contributed by atoms with Crippen LogP contribution in [-0.2, 0) is 6.42 Å². The van der Waals surface area contributed by atoms with Crippen LogP contribution < -0.4 is 10.6 Å². The van der Waals surface area contributed by atoms with Gasteiger partial charge in [-0.25, -0.2) is 0 Å². The largest absolute Gasteiger partial charge is 0.361 e. The third-order valence-corrected chi connectivity index (χ3v) is 4.02. The number of carbonyl (C=O) groups is 2. The quantitative estimate of drug-likeness (QED) is 0.573. The van der Waals surface area contributed by atoms with E-state index in [1.807, 2.05) is 24.4 Å². The fourth-order valence-corrected chi connectivity index (χ4v) is 2.70. The van der Waals surface area contributed by atoms with E-state index in [4.69, 9.17) is 0 Å². The van der Waals surface area contributed by atoms with Crippen molar-refractivity contribution in [2.45, 2.75) is 6.42 Å². The third kappa shape index (κ3) is 3.97. The summed E-state index contributed by atoms with van der Waals surface area (Å²) in [6.07, 6.45) is 5.72. The number of nitrogens with one attached hydrogen (secondary N) is 3. The predicted octanol–water partition coefficient (Wildman–Crippen LogP) is 2.45. The molecule has 0 unspecified atom stereocenters. The van der Waals surface area contributed by atoms with Crippen molar-refractivity contribution in [2.24, 2.45) is 0 Å². The maximum atomic E-state index is 12.3. The number of hydrogen-bond acceptors (Lipinski definition) is 3. The summed E-state index contributed by atoms with van der Waals surface area (Å²) in [4.78, 5) is 31.5. The number of amides is 2. The Morgan fingerprint density at radius 1 is 1.15 bits per heavy atom. The first-order valence-corrected chi connectivity index (χ1v) is 8.37. The molecule has 3 rings (SSSR count). The highest BCUT2D eigenvalue weighted by atomic mass is 16.2. The van der Waals surface area contributed by atoms with Crippen molar-refractivity contribution in [2.75, 3.05) is 13.1 Å². The van der Waals surface area contributed by atoms with Gasteiger partial charge in [0.15, 0.2) is 0 Å². The highest BCUT2D eigenvalue weighted by molar-refractivity contribution is 5.98. The summed E-state index contributed by atoms with van der Waals surface area (Å²) in [5.41, 5.74) is 2.84. The molecule has 3 aromatic rings. The molecule has 6 heteroatoms. The van der Waals surface area contributed by atoms with Gasteiger partial charge in [-0.15, -0.1) is 6.58 Å². The molecule has 0 spiro atoms. The maximum absolute atomic E-state index is 12.3. The van der Waals surface area contributed by atoms with Crippen molar-refractivity contribution in [3.05, 3.63) is 78.3 Å². The molecule has 6 nitrogen and oxygen atoms in total. The lowest BCUT2D eigenvalue weighted by atomic mass is 10.1. The van der Waals surface area contributed by atoms with E-state index in [0.29, 0.717) is 25.1 Å². The summed E-state index contributed by atoms with van der Waals surface area (Å²) in [7, 11) is 0. The molecule has 3 N–H and O–H groups in total. The van der Waals surface area contributed by atoms with E-state index in [2.05, 4.69) is 33.2 Å². The lowest BCUT2D eigenvalue weighted by molar-refractivity contribution is 0.0953. The van der Waals surface area contributed by atoms with Crippen LogP contribution in [0.3, 0.4) is 0 Å². The summed E-state index contributed by atoms with van der Waals surface area (Å²) in [6.45, 7) is 4.39. The molecule has 2 amide bonds. The Bertz CT molecular complexity index is 946. The number of fused-ring (bicyclic) bond motifs is 1. The average Bonchev–Trinajstić information content (AvgIpc) is 3.09. The number of aromatic nitrogens is 2. The number of H-pyrrole nitrogens is 1. The Balaban J connectivity index is 1.60. The molecule has 0 bridgehead atoms. The number of nitrogens with zero attached hydrogens (tertiary/aromatic N) is 1. The van der Waals surface area contributed by atoms with Crippen molar-refractivity contribution < 1.29 is 9.59 Å². The minimum atomic E-state index is -0.335. The molecule has 0 saturated carbocycles. The average molecular weight is 348 g/mol. The topological polar surface area (TPSA) is 86.9 Å². The smallest absolute Gasteiger partial charge is 0.270 e. The molecule has 0 aliphatic carbocycles. The molecule has 2 heterocycles. The minimum Gasteiger partial charge on any atom is -0.361 e. The monoisotopic (exact) mass is 348 g/mol. The zero-order chi connectivity index (χ0) is 18.4. The highest BCUT2D eigenvalue weighted by Gasteiger charge is 2.11. The zero-order valence-electron chi connectivity index (χ0n) is 14.3. The molecule has 132 valence electrons. The predicted molar refractivity (Wildman–Crippen MR) is 101 cm³/mol. The van der Waals surface area contributed by atoms with E-state index in [1.54, 1.807) is 12.1 Å². The number of aromatic amines is 1. The number of benzene rings is 1. The first kappa shape index (κ1) is 17.4. The van der Waals surface area contributed by atoms with E-state index < -0.39 is 0 Å². The van der Waals surface area contributed by atoms with Crippen LogP contribution in [0.15, 0.2) is 61.4 Å². The first-order chi connectivity index (χ1) is 12.7. The SMILES string of the molecule is C=CCNC(=O)c1cc(C(=O)NCCc2c[nH]c3ccccc23)ccn1. The van der Waals surface area contributed by atoms with Crippen LogP contribution in [0, 0.1) is 0 Å². The van der Waals surface area contributed by atoms with Crippen LogP contribution in [0.4, 0.5) is 0 Å². The molecule has 0 aliphatic heterocycles. The van der Waals surface area contributed by atoms with Crippen molar-refractivity contribution >= 4 is 22.7 Å². The molecule has 2 aromatic heterocycles. The maximum Gasteiger partial charge on any atom is 0.270 e. The number of rotatable bonds is 7. The second kappa shape index (κ2) is 8.11. The Labute approximate surface area is 151 Å². The number of carbonyl (C=O) groups excluding carboxylic acids is 2. The standard InChI is InChI=1S/C20H20N4O2/c1-2-9-22-20(26)18-12-14(7-10-21-18)19(25)23-11-8-15-13-24-17-6-4-3-5-16(15)17/h2-7,10,12-13,24H,1,8-9,11H2,(H,22,26)(H,23,25). The van der Waals surface area contributed by atoms with Gasteiger partial charge in [-0.2, -0.15) is 0 Å². The van der Waals surface area contributed by atoms with Crippen molar-refractivity contribution in [3.63, 3.8) is 0 Å². The Morgan fingerprint density at radius 3 is 2.85 bits per heavy atom. The van der Waals surface area contributed by atoms with Crippen molar-refractivity contribution in [3.8, 4) is 0 Å². The van der Waals surface area contributed by atoms with Gasteiger partial charge in [-0.05, 0) is 30.2 Å². The van der Waals surface area contributed by atoms with E-state index in [-0.39, 0.29) is 17.5 Å². The van der Waals surface area contributed by atoms with Crippen LogP contribution in [-0.4, -0.2) is 34.9 Å². The molecule has 0 aliphatic rings. The van der Waals surface area contributed by atoms with Gasteiger partial charge in [0.05, 0.1) is 0 Å². The fraction of sp³-hybridized carbons (Fsp3) is 0.150. The molecule has 1 aromatic carbocycles. The molecule has 0 atom stereocenters. The van der Waals surface area contributed by atoms with Gasteiger partial charge in [-0.1, -0.05) is 24.3 Å². The van der Waals surface area contributed by atoms with Crippen LogP contribution in [0.2, 0.25) is 0 Å². The van der Waals surface area contributed by atoms with Gasteiger partial charge < -0.3 is 15.6 Å². The second-order valence-corrected chi connectivity index (χ2v) is 5.79. The summed E-state index contributed by atoms with van der Waals surface area (Å²) in [6, 6.07) is 11.1. The molecule has 0 radical (unpaired) electrons. The zero-order valence-corrected chi connectivity index (χ0v) is 14.3. The van der Waals surface area contributed by atoms with Crippen LogP contribution in [0.5, 0.6) is 0 Å². The lowest BCUT2D eigenvalue weighted by Gasteiger charge is -2.07. The number of hydrogen-bond donors (Lipinski definition) is 3. The normalized spacial score (nSPS) is 10.5. The van der Waals surface area contributed by atoms with Crippen LogP contribution >= 0.6 is 0 Å². The first-order valence-electron chi connectivity index (χ1n) is 8.37. The Hall–Kier alpha value is -3.41. The lowest BCUT2D eigenvalue weighted by Crippen LogP contribution is -2.27. The highest BCUT2D eigenvalue weighted by Crippen LogP contribution is 2.17. The summed E-state index contributed by atoms with van der Waals surface area (Å²) in [5.74, 6) is -0.566. The molecule has 26 heavy (non-hydrogen) atoms. The van der Waals surface area contributed by atoms with Crippen LogP contribution in [0.1, 0.15) is 26.4 Å². The fourth-order valence-electron chi connectivity index (χ4n) is 2.70. The van der Waals surface area contributed by atoms with Gasteiger partial charge >= 0.3 is 0 Å². The van der Waals surface area contributed by atoms with Crippen LogP contribution in [0.25, 0.3) is 10.9 Å². The summed E-state index contributed by atoms with van der Waals surface area (Å²) in [5, 5.41) is 6.68. The van der Waals surface area contributed by atoms with Gasteiger partial charge in [0.1, 0.15) is 5.69 Å². The van der Waals surface area contributed by atoms with Crippen molar-refractivity contribution in [1.82, 2.24) is 20.6 Å². The molecule has 0 fully saturated rings. The Kier molecular flexibility index (Phi) is 5.43. The second-order valence-electron chi connectivity index (χ2n) is 5.79. The molecular weight excluding hydrogens is 328 g/mol. The van der Waals surface area contributed by atoms with Crippen molar-refractivity contribution in [1.29, 1.82) is 0 Å².